The van der Waals surface area contributed by atoms with Crippen molar-refractivity contribution in [1.82, 2.24) is 0 Å². The normalized spacial score (nSPS) is 7.20. The monoisotopic (exact) mass is 129 g/mol. The summed E-state index contributed by atoms with van der Waals surface area (Å²) < 4.78 is 29.0. The molecule has 4 heteroatoms. The summed E-state index contributed by atoms with van der Waals surface area (Å²) in [7, 11) is 0. The van der Waals surface area contributed by atoms with Gasteiger partial charge in [-0.25, -0.2) is 0 Å². The Balaban J connectivity index is 0. The first kappa shape index (κ1) is 9.00. The Morgan fingerprint density at radius 1 is 1.00 bits per heavy atom. The quantitative estimate of drug-likeness (QED) is 0.460. The molecule has 0 fully saturated rings. The zero-order chi connectivity index (χ0) is 3.58. The van der Waals surface area contributed by atoms with Crippen LogP contribution in [0.3, 0.4) is 0 Å². The maximum Gasteiger partial charge on any atom is 0.379 e. The Morgan fingerprint density at radius 2 is 1.00 bits per heavy atom. The van der Waals surface area contributed by atoms with Gasteiger partial charge in [-0.3, -0.25) is 0 Å². The standard InChI is InChI=1S/CHF3.Co/c2-1(3)4;/h1H;. The van der Waals surface area contributed by atoms with Crippen LogP contribution in [0.25, 0.3) is 0 Å². The van der Waals surface area contributed by atoms with Crippen molar-refractivity contribution in [3.63, 3.8) is 0 Å². The predicted molar refractivity (Wildman–Crippen MR) is 7.11 cm³/mol. The first-order chi connectivity index (χ1) is 1.73. The summed E-state index contributed by atoms with van der Waals surface area (Å²) in [5.41, 5.74) is 0. The van der Waals surface area contributed by atoms with Crippen LogP contribution in [0.1, 0.15) is 0 Å². The SMILES string of the molecule is FC(F)F.[Co]. The van der Waals surface area contributed by atoms with Crippen LogP contribution >= 0.6 is 0 Å². The van der Waals surface area contributed by atoms with E-state index < -0.39 is 6.68 Å². The molecule has 0 N–H and O–H groups in total. The third kappa shape index (κ3) is 258. The molecule has 0 aromatic heterocycles. The van der Waals surface area contributed by atoms with Gasteiger partial charge < -0.3 is 0 Å². The van der Waals surface area contributed by atoms with E-state index in [2.05, 4.69) is 0 Å². The van der Waals surface area contributed by atoms with E-state index in [1.54, 1.807) is 0 Å². The molecule has 0 bridgehead atoms. The zero-order valence-corrected chi connectivity index (χ0v) is 3.09. The van der Waals surface area contributed by atoms with Gasteiger partial charge in [-0.05, 0) is 0 Å². The Morgan fingerprint density at radius 3 is 1.00 bits per heavy atom. The molecule has 0 unspecified atom stereocenters. The van der Waals surface area contributed by atoms with E-state index in [-0.39, 0.29) is 16.8 Å². The van der Waals surface area contributed by atoms with Crippen molar-refractivity contribution in [3.8, 4) is 0 Å². The van der Waals surface area contributed by atoms with Crippen LogP contribution in [0.15, 0.2) is 0 Å². The van der Waals surface area contributed by atoms with Crippen LogP contribution in [-0.2, 0) is 16.8 Å². The zero-order valence-electron chi connectivity index (χ0n) is 2.04. The molecule has 5 heavy (non-hydrogen) atoms. The first-order valence-electron chi connectivity index (χ1n) is 0.655. The second-order valence-electron chi connectivity index (χ2n) is 0.247. The first-order valence-corrected chi connectivity index (χ1v) is 0.655. The molecule has 0 aliphatic carbocycles. The Kier molecular flexibility index (Phi) is 7.73. The summed E-state index contributed by atoms with van der Waals surface area (Å²) in [6.07, 6.45) is 0. The van der Waals surface area contributed by atoms with Gasteiger partial charge in [0.2, 0.25) is 0 Å². The van der Waals surface area contributed by atoms with Crippen molar-refractivity contribution in [2.24, 2.45) is 0 Å². The number of alkyl halides is 3. The summed E-state index contributed by atoms with van der Waals surface area (Å²) in [4.78, 5) is 0. The second-order valence-corrected chi connectivity index (χ2v) is 0.247. The van der Waals surface area contributed by atoms with Gasteiger partial charge in [0.25, 0.3) is 0 Å². The fourth-order valence-electron chi connectivity index (χ4n) is 0. The molecule has 0 rings (SSSR count). The van der Waals surface area contributed by atoms with E-state index in [9.17, 15) is 13.2 Å². The fourth-order valence-corrected chi connectivity index (χ4v) is 0. The molecule has 0 aliphatic rings. The Labute approximate surface area is 37.6 Å². The van der Waals surface area contributed by atoms with Crippen molar-refractivity contribution >= 4 is 0 Å². The number of hydrogen-bond acceptors (Lipinski definition) is 0. The van der Waals surface area contributed by atoms with E-state index in [1.165, 1.54) is 0 Å². The molecule has 0 spiro atoms. The van der Waals surface area contributed by atoms with E-state index in [4.69, 9.17) is 0 Å². The van der Waals surface area contributed by atoms with Gasteiger partial charge >= 0.3 is 6.68 Å². The van der Waals surface area contributed by atoms with Gasteiger partial charge in [-0.2, -0.15) is 13.2 Å². The number of hydrogen-bond donors (Lipinski definition) is 0. The molecule has 35 valence electrons. The topological polar surface area (TPSA) is 0 Å². The van der Waals surface area contributed by atoms with Crippen molar-refractivity contribution in [2.75, 3.05) is 0 Å². The summed E-state index contributed by atoms with van der Waals surface area (Å²) >= 11 is 0. The third-order valence-electron chi connectivity index (χ3n) is 0. The second kappa shape index (κ2) is 4.30. The smallest absolute Gasteiger partial charge is 0.174 e. The van der Waals surface area contributed by atoms with Crippen molar-refractivity contribution in [3.05, 3.63) is 0 Å². The summed E-state index contributed by atoms with van der Waals surface area (Å²) in [5, 5.41) is 0. The number of rotatable bonds is 0. The molecule has 0 heterocycles. The van der Waals surface area contributed by atoms with Gasteiger partial charge in [-0.1, -0.05) is 0 Å². The summed E-state index contributed by atoms with van der Waals surface area (Å²) in [6, 6.07) is 0. The molecule has 1 radical (unpaired) electrons. The van der Waals surface area contributed by atoms with E-state index in [0.717, 1.165) is 0 Å². The fraction of sp³-hybridized carbons (Fsp3) is 1.00. The van der Waals surface area contributed by atoms with Gasteiger partial charge in [0.1, 0.15) is 0 Å². The van der Waals surface area contributed by atoms with Crippen LogP contribution in [0.4, 0.5) is 13.2 Å². The number of halogens is 3. The van der Waals surface area contributed by atoms with Crippen LogP contribution in [0.2, 0.25) is 0 Å². The van der Waals surface area contributed by atoms with E-state index in [1.807, 2.05) is 0 Å². The van der Waals surface area contributed by atoms with Gasteiger partial charge in [-0.15, -0.1) is 0 Å². The predicted octanol–water partition coefficient (Wildman–Crippen LogP) is 1.18. The van der Waals surface area contributed by atoms with E-state index >= 15 is 0 Å². The molecule has 0 saturated carbocycles. The molecule has 0 amide bonds. The largest absolute Gasteiger partial charge is 0.379 e. The van der Waals surface area contributed by atoms with Gasteiger partial charge in [0, 0.05) is 16.8 Å². The molecular weight excluding hydrogens is 128 g/mol. The third-order valence-corrected chi connectivity index (χ3v) is 0. The minimum Gasteiger partial charge on any atom is -0.174 e. The van der Waals surface area contributed by atoms with Crippen LogP contribution in [0.5, 0.6) is 0 Å². The summed E-state index contributed by atoms with van der Waals surface area (Å²) in [6.45, 7) is -3.67. The molecule has 0 aliphatic heterocycles. The van der Waals surface area contributed by atoms with Crippen molar-refractivity contribution in [1.29, 1.82) is 0 Å². The molecule has 0 aromatic rings. The molecule has 0 saturated heterocycles. The maximum atomic E-state index is 9.67. The average Bonchev–Trinajstić information content (AvgIpc) is 0.811. The van der Waals surface area contributed by atoms with Crippen LogP contribution in [-0.4, -0.2) is 6.68 Å². The Hall–Kier alpha value is 0.296. The van der Waals surface area contributed by atoms with Crippen LogP contribution < -0.4 is 0 Å². The molecule has 0 atom stereocenters. The maximum absolute atomic E-state index is 9.67. The average molecular weight is 129 g/mol. The van der Waals surface area contributed by atoms with Gasteiger partial charge in [0.15, 0.2) is 0 Å². The minimum absolute atomic E-state index is 0. The van der Waals surface area contributed by atoms with Gasteiger partial charge in [0.05, 0.1) is 0 Å². The molecule has 0 nitrogen and oxygen atoms in total. The van der Waals surface area contributed by atoms with Crippen molar-refractivity contribution in [2.45, 2.75) is 6.68 Å². The summed E-state index contributed by atoms with van der Waals surface area (Å²) in [5.74, 6) is 0. The van der Waals surface area contributed by atoms with Crippen molar-refractivity contribution < 1.29 is 30.0 Å². The Bertz CT molecular complexity index is 11.6. The molecular formula is CHCoF3. The minimum atomic E-state index is -3.67. The van der Waals surface area contributed by atoms with E-state index in [0.29, 0.717) is 0 Å². The van der Waals surface area contributed by atoms with Crippen LogP contribution in [0, 0.1) is 0 Å². The molecule has 0 aromatic carbocycles.